The first kappa shape index (κ1) is 17.4. The quantitative estimate of drug-likeness (QED) is 0.650. The van der Waals surface area contributed by atoms with Gasteiger partial charge in [-0.15, -0.1) is 0 Å². The topological polar surface area (TPSA) is 86.7 Å². The van der Waals surface area contributed by atoms with E-state index in [0.29, 0.717) is 15.5 Å². The molecule has 0 unspecified atom stereocenters. The first-order valence-electron chi connectivity index (χ1n) is 7.45. The van der Waals surface area contributed by atoms with Crippen molar-refractivity contribution in [3.8, 4) is 0 Å². The molecule has 1 amide bonds. The minimum absolute atomic E-state index is 0.0377. The van der Waals surface area contributed by atoms with Gasteiger partial charge in [-0.05, 0) is 32.0 Å². The van der Waals surface area contributed by atoms with Crippen LogP contribution in [0, 0.1) is 6.92 Å². The molecule has 3 aromatic rings. The summed E-state index contributed by atoms with van der Waals surface area (Å²) in [5.74, 6) is -0.951. The number of esters is 1. The van der Waals surface area contributed by atoms with Gasteiger partial charge in [0, 0.05) is 11.1 Å². The predicted octanol–water partition coefficient (Wildman–Crippen LogP) is 2.96. The highest BCUT2D eigenvalue weighted by atomic mass is 35.5. The van der Waals surface area contributed by atoms with E-state index in [-0.39, 0.29) is 18.9 Å². The van der Waals surface area contributed by atoms with E-state index in [2.05, 4.69) is 10.1 Å². The molecule has 0 fully saturated rings. The number of carbonyl (C=O) groups is 2. The van der Waals surface area contributed by atoms with Crippen LogP contribution >= 0.6 is 22.9 Å². The third-order valence-electron chi connectivity index (χ3n) is 3.27. The molecule has 0 radical (unpaired) electrons. The Bertz CT molecular complexity index is 1020. The molecular weight excluding hydrogens is 366 g/mol. The lowest BCUT2D eigenvalue weighted by atomic mass is 10.3. The van der Waals surface area contributed by atoms with Crippen molar-refractivity contribution in [3.05, 3.63) is 45.5 Å². The summed E-state index contributed by atoms with van der Waals surface area (Å²) >= 11 is 7.27. The molecule has 0 atom stereocenters. The van der Waals surface area contributed by atoms with E-state index in [4.69, 9.17) is 20.9 Å². The lowest BCUT2D eigenvalue weighted by molar-refractivity contribution is -0.143. The summed E-state index contributed by atoms with van der Waals surface area (Å²) in [5.41, 5.74) is 1.32. The van der Waals surface area contributed by atoms with Gasteiger partial charge in [0.25, 0.3) is 0 Å². The normalized spacial score (nSPS) is 11.9. The molecule has 3 rings (SSSR count). The summed E-state index contributed by atoms with van der Waals surface area (Å²) in [6, 6.07) is 6.75. The van der Waals surface area contributed by atoms with E-state index >= 15 is 0 Å². The molecule has 25 heavy (non-hydrogen) atoms. The molecular formula is C16H14ClN3O4S. The maximum atomic E-state index is 12.3. The van der Waals surface area contributed by atoms with Crippen molar-refractivity contribution in [2.75, 3.05) is 6.61 Å². The maximum absolute atomic E-state index is 12.3. The largest absolute Gasteiger partial charge is 0.465 e. The second kappa shape index (κ2) is 7.20. The number of halogens is 1. The van der Waals surface area contributed by atoms with Crippen molar-refractivity contribution in [1.82, 2.24) is 9.72 Å². The van der Waals surface area contributed by atoms with Crippen LogP contribution < -0.4 is 4.80 Å². The molecule has 2 heterocycles. The second-order valence-corrected chi connectivity index (χ2v) is 6.58. The molecule has 7 nitrogen and oxygen atoms in total. The molecule has 1 aromatic carbocycles. The number of thiazole rings is 1. The first-order chi connectivity index (χ1) is 12.0. The Kier molecular flexibility index (Phi) is 5.00. The Hall–Kier alpha value is -2.45. The molecule has 0 saturated heterocycles. The number of carbonyl (C=O) groups excluding carboxylic acids is 2. The lowest BCUT2D eigenvalue weighted by Gasteiger charge is -2.04. The van der Waals surface area contributed by atoms with Gasteiger partial charge >= 0.3 is 11.9 Å². The molecule has 0 spiro atoms. The minimum atomic E-state index is -0.573. The van der Waals surface area contributed by atoms with E-state index in [1.807, 2.05) is 0 Å². The Morgan fingerprint density at radius 1 is 1.40 bits per heavy atom. The SMILES string of the molecule is CCOC(=O)Cn1c(=NC(=O)c2cc(C)no2)sc2cc(Cl)ccc21. The van der Waals surface area contributed by atoms with Crippen molar-refractivity contribution >= 4 is 45.0 Å². The van der Waals surface area contributed by atoms with Crippen molar-refractivity contribution in [2.45, 2.75) is 20.4 Å². The Morgan fingerprint density at radius 3 is 2.88 bits per heavy atom. The number of aryl methyl sites for hydroxylation is 1. The van der Waals surface area contributed by atoms with Crippen LogP contribution in [0.25, 0.3) is 10.2 Å². The number of aromatic nitrogens is 2. The van der Waals surface area contributed by atoms with Gasteiger partial charge in [-0.25, -0.2) is 0 Å². The number of fused-ring (bicyclic) bond motifs is 1. The molecule has 0 aliphatic rings. The lowest BCUT2D eigenvalue weighted by Crippen LogP contribution is -2.23. The van der Waals surface area contributed by atoms with Gasteiger partial charge in [0.2, 0.25) is 5.76 Å². The molecule has 0 aliphatic heterocycles. The molecule has 0 saturated carbocycles. The van der Waals surface area contributed by atoms with Crippen molar-refractivity contribution < 1.29 is 18.8 Å². The van der Waals surface area contributed by atoms with E-state index in [1.54, 1.807) is 36.6 Å². The average Bonchev–Trinajstić information content (AvgIpc) is 3.12. The summed E-state index contributed by atoms with van der Waals surface area (Å²) < 4.78 is 12.4. The minimum Gasteiger partial charge on any atom is -0.465 e. The van der Waals surface area contributed by atoms with Crippen LogP contribution in [0.1, 0.15) is 23.2 Å². The molecule has 130 valence electrons. The smallest absolute Gasteiger partial charge is 0.326 e. The predicted molar refractivity (Wildman–Crippen MR) is 92.6 cm³/mol. The van der Waals surface area contributed by atoms with Crippen molar-refractivity contribution in [1.29, 1.82) is 0 Å². The van der Waals surface area contributed by atoms with Gasteiger partial charge in [0.15, 0.2) is 4.80 Å². The zero-order chi connectivity index (χ0) is 18.0. The highest BCUT2D eigenvalue weighted by Crippen LogP contribution is 2.22. The number of hydrogen-bond acceptors (Lipinski definition) is 6. The summed E-state index contributed by atoms with van der Waals surface area (Å²) in [5, 5.41) is 4.23. The van der Waals surface area contributed by atoms with Crippen LogP contribution in [0.5, 0.6) is 0 Å². The van der Waals surface area contributed by atoms with Gasteiger partial charge < -0.3 is 13.8 Å². The zero-order valence-corrected chi connectivity index (χ0v) is 15.1. The maximum Gasteiger partial charge on any atom is 0.326 e. The molecule has 0 bridgehead atoms. The molecule has 0 N–H and O–H groups in total. The first-order valence-corrected chi connectivity index (χ1v) is 8.64. The summed E-state index contributed by atoms with van der Waals surface area (Å²) in [6.07, 6.45) is 0. The van der Waals surface area contributed by atoms with Gasteiger partial charge in [-0.2, -0.15) is 4.99 Å². The van der Waals surface area contributed by atoms with Crippen LogP contribution in [-0.4, -0.2) is 28.2 Å². The fraction of sp³-hybridized carbons (Fsp3) is 0.250. The van der Waals surface area contributed by atoms with Crippen LogP contribution in [0.4, 0.5) is 0 Å². The summed E-state index contributed by atoms with van der Waals surface area (Å²) in [4.78, 5) is 28.6. The van der Waals surface area contributed by atoms with Crippen LogP contribution in [0.15, 0.2) is 33.8 Å². The Labute approximate surface area is 151 Å². The van der Waals surface area contributed by atoms with Crippen LogP contribution in [0.3, 0.4) is 0 Å². The molecule has 9 heteroatoms. The number of benzene rings is 1. The van der Waals surface area contributed by atoms with Crippen LogP contribution in [-0.2, 0) is 16.1 Å². The standard InChI is InChI=1S/C16H14ClN3O4S/c1-3-23-14(21)8-20-11-5-4-10(17)7-13(11)25-16(20)18-15(22)12-6-9(2)19-24-12/h4-7H,3,8H2,1-2H3. The Morgan fingerprint density at radius 2 is 2.20 bits per heavy atom. The second-order valence-electron chi connectivity index (χ2n) is 5.14. The number of hydrogen-bond donors (Lipinski definition) is 0. The number of nitrogens with zero attached hydrogens (tertiary/aromatic N) is 3. The third-order valence-corrected chi connectivity index (χ3v) is 4.55. The monoisotopic (exact) mass is 379 g/mol. The van der Waals surface area contributed by atoms with Gasteiger partial charge in [-0.3, -0.25) is 9.59 Å². The summed E-state index contributed by atoms with van der Waals surface area (Å²) in [6.45, 7) is 3.66. The number of rotatable bonds is 4. The fourth-order valence-corrected chi connectivity index (χ4v) is 3.53. The van der Waals surface area contributed by atoms with E-state index in [9.17, 15) is 9.59 Å². The highest BCUT2D eigenvalue weighted by Gasteiger charge is 2.15. The molecule has 0 aliphatic carbocycles. The number of ether oxygens (including phenoxy) is 1. The number of amides is 1. The van der Waals surface area contributed by atoms with E-state index in [1.165, 1.54) is 17.4 Å². The third kappa shape index (κ3) is 3.80. The van der Waals surface area contributed by atoms with Crippen molar-refractivity contribution in [3.63, 3.8) is 0 Å². The van der Waals surface area contributed by atoms with Gasteiger partial charge in [0.05, 0.1) is 22.5 Å². The average molecular weight is 380 g/mol. The van der Waals surface area contributed by atoms with Crippen LogP contribution in [0.2, 0.25) is 5.02 Å². The van der Waals surface area contributed by atoms with Gasteiger partial charge in [-0.1, -0.05) is 28.1 Å². The fourth-order valence-electron chi connectivity index (χ4n) is 2.23. The van der Waals surface area contributed by atoms with Crippen molar-refractivity contribution in [2.24, 2.45) is 4.99 Å². The van der Waals surface area contributed by atoms with Gasteiger partial charge in [0.1, 0.15) is 6.54 Å². The summed E-state index contributed by atoms with van der Waals surface area (Å²) in [7, 11) is 0. The highest BCUT2D eigenvalue weighted by molar-refractivity contribution is 7.16. The van der Waals surface area contributed by atoms with E-state index < -0.39 is 11.9 Å². The Balaban J connectivity index is 2.10. The zero-order valence-electron chi connectivity index (χ0n) is 13.5. The molecule has 2 aromatic heterocycles. The van der Waals surface area contributed by atoms with E-state index in [0.717, 1.165) is 10.2 Å².